The molecular weight excluding hydrogens is 413 g/mol. The van der Waals surface area contributed by atoms with Crippen LogP contribution in [-0.2, 0) is 12.7 Å². The van der Waals surface area contributed by atoms with Crippen LogP contribution in [0.15, 0.2) is 30.5 Å². The number of carboxylic acids is 1. The number of amides is 1. The minimum atomic E-state index is -4.34. The van der Waals surface area contributed by atoms with E-state index in [2.05, 4.69) is 10.4 Å². The number of benzene rings is 1. The summed E-state index contributed by atoms with van der Waals surface area (Å²) < 4.78 is 39.8. The van der Waals surface area contributed by atoms with E-state index in [-0.39, 0.29) is 23.3 Å². The Kier molecular flexibility index (Phi) is 5.50. The average Bonchev–Trinajstić information content (AvgIpc) is 3.39. The van der Waals surface area contributed by atoms with Gasteiger partial charge in [-0.1, -0.05) is 12.1 Å². The summed E-state index contributed by atoms with van der Waals surface area (Å²) in [5.41, 5.74) is 0.251. The molecule has 2 aliphatic rings. The number of likely N-dealkylation sites (tertiary alicyclic amines) is 1. The van der Waals surface area contributed by atoms with Gasteiger partial charge < -0.3 is 15.3 Å². The fraction of sp³-hybridized carbons (Fsp3) is 0.476. The standard InChI is InChI=1S/C21H23F3N4O3/c1-12-6-13(2-3-17(12)21(22,23)24)9-25-16-7-14-10-27(11-15(14)8-16)20(31)28-5-4-18(26-28)19(29)30/h2-6,14-16,25H,7-11H2,1H3,(H,29,30)/t14-,15+,16+. The summed E-state index contributed by atoms with van der Waals surface area (Å²) in [5, 5.41) is 16.2. The van der Waals surface area contributed by atoms with Gasteiger partial charge in [-0.25, -0.2) is 9.59 Å². The second-order valence-corrected chi connectivity index (χ2v) is 8.35. The molecular formula is C21H23F3N4O3. The molecule has 3 atom stereocenters. The van der Waals surface area contributed by atoms with Gasteiger partial charge in [-0.2, -0.15) is 23.0 Å². The number of fused-ring (bicyclic) bond motifs is 1. The Hall–Kier alpha value is -2.88. The van der Waals surface area contributed by atoms with E-state index in [0.29, 0.717) is 31.5 Å². The third kappa shape index (κ3) is 4.43. The van der Waals surface area contributed by atoms with Crippen molar-refractivity contribution in [1.82, 2.24) is 20.0 Å². The van der Waals surface area contributed by atoms with Gasteiger partial charge in [-0.3, -0.25) is 0 Å². The molecule has 7 nitrogen and oxygen atoms in total. The number of carboxylic acid groups (broad SMARTS) is 1. The third-order valence-electron chi connectivity index (χ3n) is 6.22. The van der Waals surface area contributed by atoms with Crippen LogP contribution in [-0.4, -0.2) is 50.9 Å². The van der Waals surface area contributed by atoms with Crippen molar-refractivity contribution >= 4 is 12.0 Å². The number of aromatic nitrogens is 2. The van der Waals surface area contributed by atoms with Crippen molar-refractivity contribution in [1.29, 1.82) is 0 Å². The van der Waals surface area contributed by atoms with Crippen molar-refractivity contribution in [2.75, 3.05) is 13.1 Å². The molecule has 1 aromatic carbocycles. The van der Waals surface area contributed by atoms with Gasteiger partial charge in [0.05, 0.1) is 5.56 Å². The van der Waals surface area contributed by atoms with Gasteiger partial charge in [-0.05, 0) is 54.9 Å². The maximum absolute atomic E-state index is 12.9. The van der Waals surface area contributed by atoms with Gasteiger partial charge in [0.25, 0.3) is 0 Å². The monoisotopic (exact) mass is 436 g/mol. The number of carbonyl (C=O) groups excluding carboxylic acids is 1. The Morgan fingerprint density at radius 1 is 1.19 bits per heavy atom. The van der Waals surface area contributed by atoms with Gasteiger partial charge in [0, 0.05) is 31.9 Å². The maximum atomic E-state index is 12.9. The molecule has 10 heteroatoms. The van der Waals surface area contributed by atoms with Gasteiger partial charge in [0.2, 0.25) is 0 Å². The van der Waals surface area contributed by atoms with E-state index in [1.165, 1.54) is 25.3 Å². The van der Waals surface area contributed by atoms with Gasteiger partial charge in [0.1, 0.15) is 0 Å². The molecule has 0 spiro atoms. The number of aryl methyl sites for hydroxylation is 1. The van der Waals surface area contributed by atoms with E-state index in [9.17, 15) is 22.8 Å². The fourth-order valence-electron chi connectivity index (χ4n) is 4.73. The first-order valence-corrected chi connectivity index (χ1v) is 10.1. The number of nitrogens with one attached hydrogen (secondary N) is 1. The quantitative estimate of drug-likeness (QED) is 0.767. The number of hydrogen-bond acceptors (Lipinski definition) is 4. The molecule has 1 aromatic heterocycles. The van der Waals surface area contributed by atoms with Crippen LogP contribution in [0.1, 0.15) is 40.0 Å². The highest BCUT2D eigenvalue weighted by atomic mass is 19.4. The van der Waals surface area contributed by atoms with Gasteiger partial charge >= 0.3 is 18.2 Å². The Morgan fingerprint density at radius 3 is 2.42 bits per heavy atom. The van der Waals surface area contributed by atoms with Crippen molar-refractivity contribution in [3.05, 3.63) is 52.8 Å². The summed E-state index contributed by atoms with van der Waals surface area (Å²) in [6.45, 7) is 3.14. The lowest BCUT2D eigenvalue weighted by atomic mass is 10.0. The number of halogens is 3. The molecule has 1 amide bonds. The normalized spacial score (nSPS) is 23.2. The molecule has 1 aliphatic carbocycles. The van der Waals surface area contributed by atoms with Crippen LogP contribution in [0.2, 0.25) is 0 Å². The lowest BCUT2D eigenvalue weighted by molar-refractivity contribution is -0.138. The average molecular weight is 436 g/mol. The number of aromatic carboxylic acids is 1. The molecule has 31 heavy (non-hydrogen) atoms. The number of hydrogen-bond donors (Lipinski definition) is 2. The van der Waals surface area contributed by atoms with E-state index >= 15 is 0 Å². The van der Waals surface area contributed by atoms with E-state index in [1.807, 2.05) is 0 Å². The first-order chi connectivity index (χ1) is 14.6. The molecule has 2 fully saturated rings. The zero-order valence-electron chi connectivity index (χ0n) is 16.9. The summed E-state index contributed by atoms with van der Waals surface area (Å²) in [6, 6.07) is 5.42. The molecule has 4 rings (SSSR count). The molecule has 1 saturated carbocycles. The zero-order chi connectivity index (χ0) is 22.3. The molecule has 0 bridgehead atoms. The number of alkyl halides is 3. The highest BCUT2D eigenvalue weighted by Gasteiger charge is 2.42. The zero-order valence-corrected chi connectivity index (χ0v) is 16.9. The predicted molar refractivity (Wildman–Crippen MR) is 105 cm³/mol. The Bertz CT molecular complexity index is 990. The molecule has 2 N–H and O–H groups in total. The van der Waals surface area contributed by atoms with Crippen molar-refractivity contribution in [3.63, 3.8) is 0 Å². The second-order valence-electron chi connectivity index (χ2n) is 8.35. The number of rotatable bonds is 4. The third-order valence-corrected chi connectivity index (χ3v) is 6.22. The fourth-order valence-corrected chi connectivity index (χ4v) is 4.73. The largest absolute Gasteiger partial charge is 0.476 e. The van der Waals surface area contributed by atoms with Crippen LogP contribution in [0.5, 0.6) is 0 Å². The van der Waals surface area contributed by atoms with Gasteiger partial charge in [-0.15, -0.1) is 0 Å². The van der Waals surface area contributed by atoms with Crippen molar-refractivity contribution in [2.45, 2.75) is 38.5 Å². The highest BCUT2D eigenvalue weighted by molar-refractivity contribution is 5.86. The Morgan fingerprint density at radius 2 is 1.87 bits per heavy atom. The predicted octanol–water partition coefficient (Wildman–Crippen LogP) is 3.38. The Labute approximate surface area is 176 Å². The molecule has 2 heterocycles. The van der Waals surface area contributed by atoms with Gasteiger partial charge in [0.15, 0.2) is 5.69 Å². The summed E-state index contributed by atoms with van der Waals surface area (Å²) in [6.07, 6.45) is -1.22. The lowest BCUT2D eigenvalue weighted by Crippen LogP contribution is -2.35. The number of nitrogens with zero attached hydrogens (tertiary/aromatic N) is 3. The Balaban J connectivity index is 1.29. The smallest absolute Gasteiger partial charge is 0.416 e. The summed E-state index contributed by atoms with van der Waals surface area (Å²) in [4.78, 5) is 25.2. The molecule has 0 radical (unpaired) electrons. The molecule has 1 saturated heterocycles. The maximum Gasteiger partial charge on any atom is 0.416 e. The van der Waals surface area contributed by atoms with Crippen molar-refractivity contribution < 1.29 is 27.9 Å². The first kappa shape index (κ1) is 21.4. The van der Waals surface area contributed by atoms with Crippen LogP contribution < -0.4 is 5.32 Å². The van der Waals surface area contributed by atoms with E-state index in [0.717, 1.165) is 29.2 Å². The van der Waals surface area contributed by atoms with Crippen LogP contribution in [0.3, 0.4) is 0 Å². The van der Waals surface area contributed by atoms with E-state index in [4.69, 9.17) is 5.11 Å². The van der Waals surface area contributed by atoms with Crippen LogP contribution >= 0.6 is 0 Å². The van der Waals surface area contributed by atoms with E-state index in [1.54, 1.807) is 11.0 Å². The van der Waals surface area contributed by atoms with Crippen LogP contribution in [0, 0.1) is 18.8 Å². The topological polar surface area (TPSA) is 87.5 Å². The second kappa shape index (κ2) is 7.99. The SMILES string of the molecule is Cc1cc(CN[C@H]2C[C@@H]3CN(C(=O)n4ccc(C(=O)O)n4)C[C@@H]3C2)ccc1C(F)(F)F. The van der Waals surface area contributed by atoms with E-state index < -0.39 is 17.7 Å². The minimum Gasteiger partial charge on any atom is -0.476 e. The molecule has 166 valence electrons. The lowest BCUT2D eigenvalue weighted by Gasteiger charge is -2.20. The first-order valence-electron chi connectivity index (χ1n) is 10.1. The van der Waals surface area contributed by atoms with Crippen molar-refractivity contribution in [3.8, 4) is 0 Å². The summed E-state index contributed by atoms with van der Waals surface area (Å²) in [5.74, 6) is -0.502. The highest BCUT2D eigenvalue weighted by Crippen LogP contribution is 2.38. The molecule has 0 unspecified atom stereocenters. The minimum absolute atomic E-state index is 0.171. The molecule has 2 aromatic rings. The van der Waals surface area contributed by atoms with Crippen molar-refractivity contribution in [2.24, 2.45) is 11.8 Å². The summed E-state index contributed by atoms with van der Waals surface area (Å²) >= 11 is 0. The van der Waals surface area contributed by atoms with Crippen LogP contribution in [0.4, 0.5) is 18.0 Å². The summed E-state index contributed by atoms with van der Waals surface area (Å²) in [7, 11) is 0. The van der Waals surface area contributed by atoms with Crippen LogP contribution in [0.25, 0.3) is 0 Å². The molecule has 1 aliphatic heterocycles. The number of carbonyl (C=O) groups is 2.